The quantitative estimate of drug-likeness (QED) is 0.722. The highest BCUT2D eigenvalue weighted by Crippen LogP contribution is 2.25. The number of rotatable bonds is 8. The minimum absolute atomic E-state index is 0.813. The zero-order valence-corrected chi connectivity index (χ0v) is 11.7. The van der Waals surface area contributed by atoms with Crippen LogP contribution in [0.5, 0.6) is 5.75 Å². The maximum atomic E-state index is 5.91. The molecule has 0 spiro atoms. The molecular weight excluding hydrogens is 234 g/mol. The van der Waals surface area contributed by atoms with E-state index in [1.807, 2.05) is 7.05 Å². The fourth-order valence-corrected chi connectivity index (χ4v) is 2.26. The van der Waals surface area contributed by atoms with Crippen molar-refractivity contribution >= 4 is 10.8 Å². The minimum Gasteiger partial charge on any atom is -0.493 e. The van der Waals surface area contributed by atoms with Gasteiger partial charge in [0.05, 0.1) is 6.61 Å². The molecule has 0 amide bonds. The third kappa shape index (κ3) is 4.25. The molecular formula is C17H23NO. The van der Waals surface area contributed by atoms with Crippen molar-refractivity contribution < 1.29 is 4.74 Å². The second-order valence-corrected chi connectivity index (χ2v) is 4.84. The predicted octanol–water partition coefficient (Wildman–Crippen LogP) is 4.00. The summed E-state index contributed by atoms with van der Waals surface area (Å²) in [4.78, 5) is 0. The van der Waals surface area contributed by atoms with Gasteiger partial charge in [-0.25, -0.2) is 0 Å². The lowest BCUT2D eigenvalue weighted by Crippen LogP contribution is -2.07. The van der Waals surface area contributed by atoms with E-state index in [4.69, 9.17) is 4.74 Å². The normalized spacial score (nSPS) is 10.8. The summed E-state index contributed by atoms with van der Waals surface area (Å²) >= 11 is 0. The van der Waals surface area contributed by atoms with Gasteiger partial charge >= 0.3 is 0 Å². The van der Waals surface area contributed by atoms with Gasteiger partial charge in [-0.1, -0.05) is 49.2 Å². The van der Waals surface area contributed by atoms with Gasteiger partial charge in [0.2, 0.25) is 0 Å². The molecule has 1 N–H and O–H groups in total. The molecule has 0 radical (unpaired) electrons. The first-order valence-electron chi connectivity index (χ1n) is 7.17. The Kier molecular flexibility index (Phi) is 5.70. The van der Waals surface area contributed by atoms with Crippen LogP contribution in [0.1, 0.15) is 25.7 Å². The molecule has 0 unspecified atom stereocenters. The van der Waals surface area contributed by atoms with Crippen LogP contribution in [0.3, 0.4) is 0 Å². The lowest BCUT2D eigenvalue weighted by Gasteiger charge is -2.09. The van der Waals surface area contributed by atoms with Crippen LogP contribution < -0.4 is 10.1 Å². The van der Waals surface area contributed by atoms with Crippen LogP contribution in [0.4, 0.5) is 0 Å². The van der Waals surface area contributed by atoms with Gasteiger partial charge in [0.25, 0.3) is 0 Å². The number of ether oxygens (including phenoxy) is 1. The van der Waals surface area contributed by atoms with Gasteiger partial charge in [0.1, 0.15) is 5.75 Å². The highest BCUT2D eigenvalue weighted by atomic mass is 16.5. The average molecular weight is 257 g/mol. The number of hydrogen-bond donors (Lipinski definition) is 1. The monoisotopic (exact) mass is 257 g/mol. The number of fused-ring (bicyclic) bond motifs is 1. The van der Waals surface area contributed by atoms with E-state index in [1.54, 1.807) is 0 Å². The van der Waals surface area contributed by atoms with E-state index in [-0.39, 0.29) is 0 Å². The molecule has 0 heterocycles. The fourth-order valence-electron chi connectivity index (χ4n) is 2.26. The second-order valence-electron chi connectivity index (χ2n) is 4.84. The summed E-state index contributed by atoms with van der Waals surface area (Å²) in [5, 5.41) is 5.63. The van der Waals surface area contributed by atoms with Crippen LogP contribution in [-0.4, -0.2) is 20.2 Å². The highest BCUT2D eigenvalue weighted by Gasteiger charge is 2.00. The Morgan fingerprint density at radius 1 is 0.895 bits per heavy atom. The van der Waals surface area contributed by atoms with Crippen LogP contribution in [0, 0.1) is 0 Å². The predicted molar refractivity (Wildman–Crippen MR) is 81.8 cm³/mol. The van der Waals surface area contributed by atoms with Gasteiger partial charge in [0, 0.05) is 5.39 Å². The molecule has 0 bridgehead atoms. The SMILES string of the molecule is CNCCCCCCOc1cccc2ccccc12. The summed E-state index contributed by atoms with van der Waals surface area (Å²) in [7, 11) is 2.00. The van der Waals surface area contributed by atoms with Gasteiger partial charge in [0.15, 0.2) is 0 Å². The van der Waals surface area contributed by atoms with E-state index in [2.05, 4.69) is 47.8 Å². The average Bonchev–Trinajstić information content (AvgIpc) is 2.46. The Hall–Kier alpha value is -1.54. The molecule has 0 fully saturated rings. The van der Waals surface area contributed by atoms with Gasteiger partial charge in [-0.2, -0.15) is 0 Å². The molecule has 0 aliphatic rings. The molecule has 0 saturated heterocycles. The van der Waals surface area contributed by atoms with E-state index in [9.17, 15) is 0 Å². The topological polar surface area (TPSA) is 21.3 Å². The van der Waals surface area contributed by atoms with Crippen LogP contribution in [0.2, 0.25) is 0 Å². The summed E-state index contributed by atoms with van der Waals surface area (Å²) in [5.74, 6) is 1.01. The van der Waals surface area contributed by atoms with Crippen molar-refractivity contribution in [3.05, 3.63) is 42.5 Å². The molecule has 102 valence electrons. The third-order valence-corrected chi connectivity index (χ3v) is 3.33. The Morgan fingerprint density at radius 2 is 1.68 bits per heavy atom. The summed E-state index contributed by atoms with van der Waals surface area (Å²) in [6, 6.07) is 14.6. The molecule has 0 atom stereocenters. The Bertz CT molecular complexity index is 490. The number of nitrogens with one attached hydrogen (secondary N) is 1. The molecule has 0 aliphatic heterocycles. The molecule has 2 nitrogen and oxygen atoms in total. The molecule has 0 aromatic heterocycles. The fraction of sp³-hybridized carbons (Fsp3) is 0.412. The van der Waals surface area contributed by atoms with Crippen LogP contribution in [0.15, 0.2) is 42.5 Å². The number of benzene rings is 2. The maximum Gasteiger partial charge on any atom is 0.127 e. The largest absolute Gasteiger partial charge is 0.493 e. The number of unbranched alkanes of at least 4 members (excludes halogenated alkanes) is 3. The van der Waals surface area contributed by atoms with Crippen molar-refractivity contribution in [2.45, 2.75) is 25.7 Å². The van der Waals surface area contributed by atoms with E-state index < -0.39 is 0 Å². The first-order valence-corrected chi connectivity index (χ1v) is 7.17. The lowest BCUT2D eigenvalue weighted by atomic mass is 10.1. The minimum atomic E-state index is 0.813. The summed E-state index contributed by atoms with van der Waals surface area (Å²) in [6.45, 7) is 1.93. The Balaban J connectivity index is 1.78. The van der Waals surface area contributed by atoms with Crippen LogP contribution >= 0.6 is 0 Å². The molecule has 0 aliphatic carbocycles. The molecule has 0 saturated carbocycles. The molecule has 2 aromatic carbocycles. The van der Waals surface area contributed by atoms with Crippen LogP contribution in [0.25, 0.3) is 10.8 Å². The smallest absolute Gasteiger partial charge is 0.127 e. The molecule has 19 heavy (non-hydrogen) atoms. The van der Waals surface area contributed by atoms with E-state index >= 15 is 0 Å². The van der Waals surface area contributed by atoms with E-state index in [0.29, 0.717) is 0 Å². The summed E-state index contributed by atoms with van der Waals surface area (Å²) in [5.41, 5.74) is 0. The maximum absolute atomic E-state index is 5.91. The highest BCUT2D eigenvalue weighted by molar-refractivity contribution is 5.88. The van der Waals surface area contributed by atoms with Crippen molar-refractivity contribution in [1.82, 2.24) is 5.32 Å². The van der Waals surface area contributed by atoms with Crippen molar-refractivity contribution in [3.8, 4) is 5.75 Å². The van der Waals surface area contributed by atoms with Gasteiger partial charge in [-0.3, -0.25) is 0 Å². The van der Waals surface area contributed by atoms with Crippen molar-refractivity contribution in [1.29, 1.82) is 0 Å². The second kappa shape index (κ2) is 7.80. The first kappa shape index (κ1) is 13.9. The zero-order chi connectivity index (χ0) is 13.3. The van der Waals surface area contributed by atoms with Crippen molar-refractivity contribution in [2.24, 2.45) is 0 Å². The number of hydrogen-bond acceptors (Lipinski definition) is 2. The standard InChI is InChI=1S/C17H23NO/c1-18-13-6-2-3-7-14-19-17-12-8-10-15-9-4-5-11-16(15)17/h4-5,8-12,18H,2-3,6-7,13-14H2,1H3. The Morgan fingerprint density at radius 3 is 2.58 bits per heavy atom. The van der Waals surface area contributed by atoms with Crippen molar-refractivity contribution in [2.75, 3.05) is 20.2 Å². The third-order valence-electron chi connectivity index (χ3n) is 3.33. The van der Waals surface area contributed by atoms with Gasteiger partial charge < -0.3 is 10.1 Å². The Labute approximate surface area is 115 Å². The van der Waals surface area contributed by atoms with Crippen LogP contribution in [-0.2, 0) is 0 Å². The van der Waals surface area contributed by atoms with Gasteiger partial charge in [-0.05, 0) is 37.9 Å². The lowest BCUT2D eigenvalue weighted by molar-refractivity contribution is 0.308. The van der Waals surface area contributed by atoms with E-state index in [0.717, 1.165) is 25.3 Å². The van der Waals surface area contributed by atoms with E-state index in [1.165, 1.54) is 30.0 Å². The molecule has 2 aromatic rings. The zero-order valence-electron chi connectivity index (χ0n) is 11.7. The molecule has 2 rings (SSSR count). The summed E-state index contributed by atoms with van der Waals surface area (Å²) in [6.07, 6.45) is 4.91. The molecule has 2 heteroatoms. The van der Waals surface area contributed by atoms with Gasteiger partial charge in [-0.15, -0.1) is 0 Å². The van der Waals surface area contributed by atoms with Crippen molar-refractivity contribution in [3.63, 3.8) is 0 Å². The first-order chi connectivity index (χ1) is 9.42. The summed E-state index contributed by atoms with van der Waals surface area (Å²) < 4.78 is 5.91.